The Bertz CT molecular complexity index is 947. The monoisotopic (exact) mass is 518 g/mol. The zero-order valence-corrected chi connectivity index (χ0v) is 22.7. The summed E-state index contributed by atoms with van der Waals surface area (Å²) in [7, 11) is 0. The molecule has 4 unspecified atom stereocenters. The Kier molecular flexibility index (Phi) is 8.58. The van der Waals surface area contributed by atoms with Crippen LogP contribution < -0.4 is 5.32 Å². The summed E-state index contributed by atoms with van der Waals surface area (Å²) < 4.78 is 1.09. The summed E-state index contributed by atoms with van der Waals surface area (Å²) in [4.78, 5) is 46.5. The summed E-state index contributed by atoms with van der Waals surface area (Å²) in [6.07, 6.45) is 8.67. The van der Waals surface area contributed by atoms with Gasteiger partial charge in [0.1, 0.15) is 0 Å². The van der Waals surface area contributed by atoms with Crippen molar-refractivity contribution >= 4 is 46.0 Å². The van der Waals surface area contributed by atoms with Crippen molar-refractivity contribution in [1.29, 1.82) is 0 Å². The van der Waals surface area contributed by atoms with E-state index in [1.54, 1.807) is 11.8 Å². The molecule has 192 valence electrons. The third-order valence-electron chi connectivity index (χ3n) is 7.74. The van der Waals surface area contributed by atoms with Crippen LogP contribution in [0.4, 0.5) is 5.13 Å². The lowest BCUT2D eigenvalue weighted by Crippen LogP contribution is -2.48. The molecular weight excluding hydrogens is 480 g/mol. The predicted molar refractivity (Wildman–Crippen MR) is 141 cm³/mol. The molecule has 0 bridgehead atoms. The van der Waals surface area contributed by atoms with E-state index in [1.807, 2.05) is 16.0 Å². The molecule has 1 aromatic rings. The summed E-state index contributed by atoms with van der Waals surface area (Å²) in [5.41, 5.74) is 0. The van der Waals surface area contributed by atoms with Crippen molar-refractivity contribution < 1.29 is 14.4 Å². The number of carbonyl (C=O) groups excluding carboxylic acids is 3. The lowest BCUT2D eigenvalue weighted by molar-refractivity contribution is -0.139. The normalized spacial score (nSPS) is 29.4. The van der Waals surface area contributed by atoms with Crippen LogP contribution in [0.1, 0.15) is 59.3 Å². The Hall–Kier alpha value is -1.87. The number of carbonyl (C=O) groups is 3. The third kappa shape index (κ3) is 6.28. The number of anilines is 1. The molecule has 3 aliphatic rings. The Labute approximate surface area is 217 Å². The van der Waals surface area contributed by atoms with Crippen molar-refractivity contribution in [2.24, 2.45) is 23.7 Å². The lowest BCUT2D eigenvalue weighted by atomic mass is 9.74. The van der Waals surface area contributed by atoms with Crippen LogP contribution in [0.3, 0.4) is 0 Å². The van der Waals surface area contributed by atoms with Gasteiger partial charge < -0.3 is 15.1 Å². The molecule has 3 fully saturated rings. The van der Waals surface area contributed by atoms with Gasteiger partial charge in [-0.1, -0.05) is 38.7 Å². The molecule has 0 aromatic carbocycles. The first kappa shape index (κ1) is 26.2. The number of nitrogens with one attached hydrogen (secondary N) is 1. The summed E-state index contributed by atoms with van der Waals surface area (Å²) in [5, 5.41) is 3.94. The fourth-order valence-electron chi connectivity index (χ4n) is 5.45. The molecule has 4 rings (SSSR count). The topological polar surface area (TPSA) is 82.6 Å². The van der Waals surface area contributed by atoms with Gasteiger partial charge in [-0.25, -0.2) is 4.98 Å². The van der Waals surface area contributed by atoms with Crippen LogP contribution in [0, 0.1) is 23.7 Å². The van der Waals surface area contributed by atoms with Crippen molar-refractivity contribution in [3.63, 3.8) is 0 Å². The number of thiazole rings is 1. The van der Waals surface area contributed by atoms with E-state index in [0.29, 0.717) is 41.9 Å². The quantitative estimate of drug-likeness (QED) is 0.531. The van der Waals surface area contributed by atoms with Crippen molar-refractivity contribution in [3.05, 3.63) is 18.9 Å². The van der Waals surface area contributed by atoms with E-state index in [4.69, 9.17) is 0 Å². The van der Waals surface area contributed by atoms with Crippen molar-refractivity contribution in [2.45, 2.75) is 74.8 Å². The lowest BCUT2D eigenvalue weighted by Gasteiger charge is -2.40. The summed E-state index contributed by atoms with van der Waals surface area (Å²) >= 11 is 3.33. The molecular formula is C26H38N4O3S2. The highest BCUT2D eigenvalue weighted by Crippen LogP contribution is 2.45. The maximum Gasteiger partial charge on any atom is 0.246 e. The van der Waals surface area contributed by atoms with E-state index < -0.39 is 0 Å². The Morgan fingerprint density at radius 3 is 2.69 bits per heavy atom. The Balaban J connectivity index is 1.40. The number of hydrogen-bond donors (Lipinski definition) is 1. The van der Waals surface area contributed by atoms with Gasteiger partial charge in [0, 0.05) is 42.8 Å². The van der Waals surface area contributed by atoms with Crippen molar-refractivity contribution in [3.8, 4) is 0 Å². The SMILES string of the molecule is C=CC(=O)N1CCCN(C(=O)C2CC(Sc3cnc(NC(=O)C4CC4)s3)C(C)CC2C)C[C@H]1CC. The van der Waals surface area contributed by atoms with Gasteiger partial charge in [0.05, 0.1) is 10.4 Å². The van der Waals surface area contributed by atoms with E-state index in [9.17, 15) is 14.4 Å². The van der Waals surface area contributed by atoms with Crippen molar-refractivity contribution in [2.75, 3.05) is 25.0 Å². The minimum Gasteiger partial charge on any atom is -0.340 e. The molecule has 35 heavy (non-hydrogen) atoms. The molecule has 7 nitrogen and oxygen atoms in total. The number of rotatable bonds is 7. The molecule has 1 N–H and O–H groups in total. The van der Waals surface area contributed by atoms with Gasteiger partial charge in [-0.15, -0.1) is 11.8 Å². The van der Waals surface area contributed by atoms with E-state index in [1.165, 1.54) is 17.4 Å². The second-order valence-corrected chi connectivity index (χ2v) is 12.9. The van der Waals surface area contributed by atoms with Crippen LogP contribution >= 0.6 is 23.1 Å². The van der Waals surface area contributed by atoms with Gasteiger partial charge in [0.2, 0.25) is 17.7 Å². The highest BCUT2D eigenvalue weighted by Gasteiger charge is 2.40. The molecule has 2 aliphatic carbocycles. The number of hydrogen-bond acceptors (Lipinski definition) is 6. The summed E-state index contributed by atoms with van der Waals surface area (Å²) in [6.45, 7) is 12.2. The van der Waals surface area contributed by atoms with Crippen LogP contribution in [0.2, 0.25) is 0 Å². The number of amides is 3. The van der Waals surface area contributed by atoms with Crippen LogP contribution in [0.5, 0.6) is 0 Å². The van der Waals surface area contributed by atoms with Gasteiger partial charge in [0.15, 0.2) is 5.13 Å². The average Bonchev–Trinajstić information content (AvgIpc) is 3.64. The van der Waals surface area contributed by atoms with Gasteiger partial charge in [-0.05, 0) is 56.4 Å². The fourth-order valence-corrected chi connectivity index (χ4v) is 7.86. The number of thioether (sulfide) groups is 1. The van der Waals surface area contributed by atoms with Gasteiger partial charge in [-0.2, -0.15) is 0 Å². The molecule has 0 spiro atoms. The zero-order valence-electron chi connectivity index (χ0n) is 21.1. The van der Waals surface area contributed by atoms with E-state index in [2.05, 4.69) is 37.7 Å². The van der Waals surface area contributed by atoms with Gasteiger partial charge >= 0.3 is 0 Å². The second-order valence-electron chi connectivity index (χ2n) is 10.4. The maximum absolute atomic E-state index is 13.8. The first-order valence-electron chi connectivity index (χ1n) is 13.0. The Morgan fingerprint density at radius 1 is 1.23 bits per heavy atom. The van der Waals surface area contributed by atoms with Crippen LogP contribution in [-0.2, 0) is 14.4 Å². The molecule has 9 heteroatoms. The molecule has 1 aliphatic heterocycles. The first-order valence-corrected chi connectivity index (χ1v) is 14.6. The smallest absolute Gasteiger partial charge is 0.246 e. The fraction of sp³-hybridized carbons (Fsp3) is 0.692. The Morgan fingerprint density at radius 2 is 2.00 bits per heavy atom. The summed E-state index contributed by atoms with van der Waals surface area (Å²) in [5.74, 6) is 1.26. The molecule has 2 saturated carbocycles. The second kappa shape index (κ2) is 11.5. The first-order chi connectivity index (χ1) is 16.8. The van der Waals surface area contributed by atoms with Crippen LogP contribution in [-0.4, -0.2) is 63.4 Å². The highest BCUT2D eigenvalue weighted by atomic mass is 32.2. The largest absolute Gasteiger partial charge is 0.340 e. The molecule has 3 amide bonds. The minimum absolute atomic E-state index is 0.00942. The summed E-state index contributed by atoms with van der Waals surface area (Å²) in [6, 6.07) is 0.0383. The van der Waals surface area contributed by atoms with Gasteiger partial charge in [0.25, 0.3) is 0 Å². The molecule has 0 radical (unpaired) electrons. The molecule has 5 atom stereocenters. The molecule has 2 heterocycles. The van der Waals surface area contributed by atoms with E-state index in [-0.39, 0.29) is 35.6 Å². The third-order valence-corrected chi connectivity index (χ3v) is 10.3. The highest BCUT2D eigenvalue weighted by molar-refractivity contribution is 8.01. The van der Waals surface area contributed by atoms with E-state index >= 15 is 0 Å². The van der Waals surface area contributed by atoms with Crippen LogP contribution in [0.25, 0.3) is 0 Å². The minimum atomic E-state index is -0.0419. The average molecular weight is 519 g/mol. The maximum atomic E-state index is 13.8. The van der Waals surface area contributed by atoms with Crippen molar-refractivity contribution in [1.82, 2.24) is 14.8 Å². The standard InChI is InChI=1S/C26H38N4O3S2/c1-5-19-15-29(10-7-11-30(19)22(31)6-2)25(33)20-13-21(17(4)12-16(20)3)34-23-14-27-26(35-23)28-24(32)18-8-9-18/h6,14,16-21H,2,5,7-13,15H2,1,3-4H3,(H,27,28,32)/t16?,17?,19-,20?,21?/m1/s1. The molecule has 1 aromatic heterocycles. The van der Waals surface area contributed by atoms with Crippen LogP contribution in [0.15, 0.2) is 23.1 Å². The predicted octanol–water partition coefficient (Wildman–Crippen LogP) is 4.66. The molecule has 1 saturated heterocycles. The number of aromatic nitrogens is 1. The number of nitrogens with zero attached hydrogens (tertiary/aromatic N) is 3. The van der Waals surface area contributed by atoms with Gasteiger partial charge in [-0.3, -0.25) is 14.4 Å². The zero-order chi connectivity index (χ0) is 25.1. The van der Waals surface area contributed by atoms with E-state index in [0.717, 1.165) is 42.7 Å².